The number of phosphoric acid groups is 1. The fourth-order valence-corrected chi connectivity index (χ4v) is 1.86. The van der Waals surface area contributed by atoms with Crippen molar-refractivity contribution in [1.29, 1.82) is 0 Å². The third-order valence-electron chi connectivity index (χ3n) is 2.04. The Balaban J connectivity index is 2.58. The molecule has 16 heavy (non-hydrogen) atoms. The molecular weight excluding hydrogens is 231 g/mol. The van der Waals surface area contributed by atoms with Crippen molar-refractivity contribution in [2.45, 2.75) is 0 Å². The molecule has 2 rings (SSSR count). The van der Waals surface area contributed by atoms with E-state index in [2.05, 4.69) is 4.52 Å². The van der Waals surface area contributed by atoms with Crippen LogP contribution in [0.5, 0.6) is 11.5 Å². The molecule has 0 aromatic heterocycles. The van der Waals surface area contributed by atoms with Crippen LogP contribution in [0.2, 0.25) is 0 Å². The number of hydrogen-bond donors (Lipinski definition) is 3. The number of phosphoric ester groups is 1. The summed E-state index contributed by atoms with van der Waals surface area (Å²) >= 11 is 0. The lowest BCUT2D eigenvalue weighted by Crippen LogP contribution is -1.90. The molecule has 5 nitrogen and oxygen atoms in total. The van der Waals surface area contributed by atoms with Crippen molar-refractivity contribution in [3.8, 4) is 11.5 Å². The zero-order chi connectivity index (χ0) is 11.8. The SMILES string of the molecule is O=P(O)(O)Oc1cccc2cc(O)ccc12. The van der Waals surface area contributed by atoms with Crippen molar-refractivity contribution in [2.24, 2.45) is 0 Å². The van der Waals surface area contributed by atoms with Gasteiger partial charge in [-0.3, -0.25) is 9.79 Å². The summed E-state index contributed by atoms with van der Waals surface area (Å²) in [5.74, 6) is 0.173. The molecule has 0 atom stereocenters. The fourth-order valence-electron chi connectivity index (χ4n) is 1.45. The molecule has 0 radical (unpaired) electrons. The van der Waals surface area contributed by atoms with Gasteiger partial charge < -0.3 is 9.63 Å². The van der Waals surface area contributed by atoms with E-state index < -0.39 is 7.82 Å². The molecule has 6 heteroatoms. The van der Waals surface area contributed by atoms with E-state index in [9.17, 15) is 9.67 Å². The Labute approximate surface area is 91.2 Å². The maximum atomic E-state index is 10.7. The van der Waals surface area contributed by atoms with Gasteiger partial charge in [0, 0.05) is 5.39 Å². The second kappa shape index (κ2) is 3.79. The normalized spacial score (nSPS) is 11.6. The number of rotatable bonds is 2. The molecule has 0 aliphatic rings. The van der Waals surface area contributed by atoms with Crippen LogP contribution in [0, 0.1) is 0 Å². The van der Waals surface area contributed by atoms with Crippen molar-refractivity contribution < 1.29 is 24.0 Å². The van der Waals surface area contributed by atoms with Crippen LogP contribution in [-0.2, 0) is 4.57 Å². The number of aromatic hydroxyl groups is 1. The average molecular weight is 240 g/mol. The highest BCUT2D eigenvalue weighted by Gasteiger charge is 2.17. The van der Waals surface area contributed by atoms with Crippen LogP contribution in [0.15, 0.2) is 36.4 Å². The van der Waals surface area contributed by atoms with Gasteiger partial charge in [0.1, 0.15) is 11.5 Å². The summed E-state index contributed by atoms with van der Waals surface area (Å²) in [6, 6.07) is 9.21. The maximum Gasteiger partial charge on any atom is 0.524 e. The lowest BCUT2D eigenvalue weighted by molar-refractivity contribution is 0.284. The van der Waals surface area contributed by atoms with E-state index in [-0.39, 0.29) is 11.5 Å². The number of hydrogen-bond acceptors (Lipinski definition) is 3. The molecule has 0 bridgehead atoms. The van der Waals surface area contributed by atoms with Crippen LogP contribution in [0.3, 0.4) is 0 Å². The molecule has 3 N–H and O–H groups in total. The van der Waals surface area contributed by atoms with Crippen molar-refractivity contribution >= 4 is 18.6 Å². The summed E-state index contributed by atoms with van der Waals surface area (Å²) in [5.41, 5.74) is 0. The molecule has 0 aliphatic heterocycles. The van der Waals surface area contributed by atoms with Crippen molar-refractivity contribution in [3.63, 3.8) is 0 Å². The Hall–Kier alpha value is -1.55. The average Bonchev–Trinajstić information content (AvgIpc) is 2.15. The van der Waals surface area contributed by atoms with E-state index in [1.807, 2.05) is 0 Å². The second-order valence-corrected chi connectivity index (χ2v) is 4.41. The van der Waals surface area contributed by atoms with Gasteiger partial charge in [-0.1, -0.05) is 12.1 Å². The third kappa shape index (κ3) is 2.33. The highest BCUT2D eigenvalue weighted by atomic mass is 31.2. The lowest BCUT2D eigenvalue weighted by Gasteiger charge is -2.09. The van der Waals surface area contributed by atoms with Crippen molar-refractivity contribution in [1.82, 2.24) is 0 Å². The Morgan fingerprint density at radius 2 is 1.88 bits per heavy atom. The lowest BCUT2D eigenvalue weighted by atomic mass is 10.1. The number of fused-ring (bicyclic) bond motifs is 1. The Bertz CT molecular complexity index is 574. The van der Waals surface area contributed by atoms with Crippen LogP contribution in [0.4, 0.5) is 0 Å². The monoisotopic (exact) mass is 240 g/mol. The van der Waals surface area contributed by atoms with Gasteiger partial charge in [-0.25, -0.2) is 4.57 Å². The molecule has 0 fully saturated rings. The summed E-state index contributed by atoms with van der Waals surface area (Å²) in [6.07, 6.45) is 0. The van der Waals surface area contributed by atoms with E-state index in [4.69, 9.17) is 9.79 Å². The summed E-state index contributed by atoms with van der Waals surface area (Å²) in [7, 11) is -4.57. The smallest absolute Gasteiger partial charge is 0.508 e. The van der Waals surface area contributed by atoms with Gasteiger partial charge in [-0.2, -0.15) is 0 Å². The fraction of sp³-hybridized carbons (Fsp3) is 0. The quantitative estimate of drug-likeness (QED) is 0.699. The molecule has 2 aromatic rings. The summed E-state index contributed by atoms with van der Waals surface area (Å²) in [4.78, 5) is 17.4. The first-order chi connectivity index (χ1) is 7.46. The van der Waals surface area contributed by atoms with Gasteiger partial charge in [0.2, 0.25) is 0 Å². The molecule has 2 aromatic carbocycles. The molecule has 0 heterocycles. The highest BCUT2D eigenvalue weighted by molar-refractivity contribution is 7.46. The minimum absolute atomic E-state index is 0.0841. The summed E-state index contributed by atoms with van der Waals surface area (Å²) < 4.78 is 15.3. The number of phenols is 1. The zero-order valence-corrected chi connectivity index (χ0v) is 8.96. The van der Waals surface area contributed by atoms with Crippen LogP contribution in [0.1, 0.15) is 0 Å². The van der Waals surface area contributed by atoms with Crippen LogP contribution in [0.25, 0.3) is 10.8 Å². The molecule has 0 saturated carbocycles. The predicted molar refractivity (Wildman–Crippen MR) is 58.3 cm³/mol. The summed E-state index contributed by atoms with van der Waals surface area (Å²) in [6.45, 7) is 0. The molecule has 0 spiro atoms. The minimum Gasteiger partial charge on any atom is -0.508 e. The van der Waals surface area contributed by atoms with Crippen LogP contribution in [-0.4, -0.2) is 14.9 Å². The van der Waals surface area contributed by atoms with Crippen LogP contribution < -0.4 is 4.52 Å². The summed E-state index contributed by atoms with van der Waals surface area (Å²) in [5, 5.41) is 10.4. The Kier molecular flexibility index (Phi) is 2.59. The topological polar surface area (TPSA) is 87.0 Å². The first-order valence-electron chi connectivity index (χ1n) is 4.42. The van der Waals surface area contributed by atoms with E-state index in [1.165, 1.54) is 24.3 Å². The van der Waals surface area contributed by atoms with Gasteiger partial charge in [0.15, 0.2) is 0 Å². The first kappa shape index (κ1) is 11.0. The molecule has 0 amide bonds. The van der Waals surface area contributed by atoms with Crippen molar-refractivity contribution in [3.05, 3.63) is 36.4 Å². The van der Waals surface area contributed by atoms with Gasteiger partial charge in [0.05, 0.1) is 0 Å². The van der Waals surface area contributed by atoms with Crippen molar-refractivity contribution in [2.75, 3.05) is 0 Å². The molecule has 0 aliphatic carbocycles. The molecule has 0 unspecified atom stereocenters. The zero-order valence-electron chi connectivity index (χ0n) is 8.07. The van der Waals surface area contributed by atoms with Gasteiger partial charge in [-0.05, 0) is 29.7 Å². The largest absolute Gasteiger partial charge is 0.524 e. The van der Waals surface area contributed by atoms with Gasteiger partial charge in [0.25, 0.3) is 0 Å². The standard InChI is InChI=1S/C10H9O5P/c11-8-4-5-9-7(6-8)2-1-3-10(9)15-16(12,13)14/h1-6,11H,(H2,12,13,14). The highest BCUT2D eigenvalue weighted by Crippen LogP contribution is 2.40. The molecular formula is C10H9O5P. The third-order valence-corrected chi connectivity index (χ3v) is 2.48. The van der Waals surface area contributed by atoms with Crippen LogP contribution >= 0.6 is 7.82 Å². The number of benzene rings is 2. The first-order valence-corrected chi connectivity index (χ1v) is 5.96. The predicted octanol–water partition coefficient (Wildman–Crippen LogP) is 2.02. The number of phenolic OH excluding ortho intramolecular Hbond substituents is 1. The minimum atomic E-state index is -4.57. The second-order valence-electron chi connectivity index (χ2n) is 3.24. The van der Waals surface area contributed by atoms with E-state index >= 15 is 0 Å². The van der Waals surface area contributed by atoms with E-state index in [0.717, 1.165) is 0 Å². The van der Waals surface area contributed by atoms with Gasteiger partial charge >= 0.3 is 7.82 Å². The van der Waals surface area contributed by atoms with Gasteiger partial charge in [-0.15, -0.1) is 0 Å². The van der Waals surface area contributed by atoms with E-state index in [1.54, 1.807) is 12.1 Å². The maximum absolute atomic E-state index is 10.7. The van der Waals surface area contributed by atoms with E-state index in [0.29, 0.717) is 10.8 Å². The Morgan fingerprint density at radius 1 is 1.12 bits per heavy atom. The Morgan fingerprint density at radius 3 is 2.56 bits per heavy atom. The molecule has 0 saturated heterocycles. The molecule has 84 valence electrons.